The van der Waals surface area contributed by atoms with Gasteiger partial charge >= 0.3 is 0 Å². The lowest BCUT2D eigenvalue weighted by Gasteiger charge is -2.33. The molecule has 0 saturated carbocycles. The highest BCUT2D eigenvalue weighted by atomic mass is 16.5. The van der Waals surface area contributed by atoms with Crippen LogP contribution < -0.4 is 9.64 Å². The maximum Gasteiger partial charge on any atom is 0.122 e. The number of hydrogen-bond acceptors (Lipinski definition) is 3. The highest BCUT2D eigenvalue weighted by Gasteiger charge is 2.22. The molecular formula is C26H33N3O. The van der Waals surface area contributed by atoms with E-state index in [1.165, 1.54) is 60.1 Å². The summed E-state index contributed by atoms with van der Waals surface area (Å²) in [6.45, 7) is 4.60. The van der Waals surface area contributed by atoms with Gasteiger partial charge in [-0.2, -0.15) is 0 Å². The molecule has 2 aliphatic rings. The number of rotatable bonds is 5. The van der Waals surface area contributed by atoms with E-state index in [2.05, 4.69) is 70.1 Å². The maximum absolute atomic E-state index is 5.75. The Morgan fingerprint density at radius 2 is 1.87 bits per heavy atom. The SMILES string of the molecule is COc1cc2c(cc1CCN1CCC(n3ccc4ccccc43)CC1)N(C)CCC2. The lowest BCUT2D eigenvalue weighted by atomic mass is 9.97. The zero-order chi connectivity index (χ0) is 20.5. The van der Waals surface area contributed by atoms with Crippen LogP contribution in [0.2, 0.25) is 0 Å². The third-order valence-electron chi connectivity index (χ3n) is 7.11. The molecule has 0 aliphatic carbocycles. The summed E-state index contributed by atoms with van der Waals surface area (Å²) in [6, 6.07) is 16.3. The fourth-order valence-corrected chi connectivity index (χ4v) is 5.34. The number of hydrogen-bond donors (Lipinski definition) is 0. The quantitative estimate of drug-likeness (QED) is 0.604. The van der Waals surface area contributed by atoms with Crippen LogP contribution in [0, 0.1) is 0 Å². The number of fused-ring (bicyclic) bond motifs is 2. The van der Waals surface area contributed by atoms with Crippen molar-refractivity contribution in [3.63, 3.8) is 0 Å². The van der Waals surface area contributed by atoms with Gasteiger partial charge in [-0.05, 0) is 72.9 Å². The molecule has 0 radical (unpaired) electrons. The number of piperidine rings is 1. The second-order valence-corrected chi connectivity index (χ2v) is 8.92. The first kappa shape index (κ1) is 19.5. The number of para-hydroxylation sites is 1. The fourth-order valence-electron chi connectivity index (χ4n) is 5.34. The predicted octanol–water partition coefficient (Wildman–Crippen LogP) is 4.91. The van der Waals surface area contributed by atoms with Crippen molar-refractivity contribution in [2.45, 2.75) is 38.1 Å². The first-order valence-electron chi connectivity index (χ1n) is 11.4. The van der Waals surface area contributed by atoms with E-state index in [1.807, 2.05) is 7.11 Å². The number of aromatic nitrogens is 1. The molecular weight excluding hydrogens is 370 g/mol. The van der Waals surface area contributed by atoms with Crippen LogP contribution in [0.4, 0.5) is 5.69 Å². The topological polar surface area (TPSA) is 20.6 Å². The number of aryl methyl sites for hydroxylation is 1. The molecule has 1 saturated heterocycles. The summed E-state index contributed by atoms with van der Waals surface area (Å²) < 4.78 is 8.25. The van der Waals surface area contributed by atoms with Crippen LogP contribution in [-0.2, 0) is 12.8 Å². The first-order valence-corrected chi connectivity index (χ1v) is 11.4. The second-order valence-electron chi connectivity index (χ2n) is 8.92. The van der Waals surface area contributed by atoms with E-state index >= 15 is 0 Å². The van der Waals surface area contributed by atoms with Gasteiger partial charge < -0.3 is 19.1 Å². The zero-order valence-electron chi connectivity index (χ0n) is 18.3. The number of benzene rings is 2. The molecule has 30 heavy (non-hydrogen) atoms. The third kappa shape index (κ3) is 3.69. The lowest BCUT2D eigenvalue weighted by Crippen LogP contribution is -2.36. The van der Waals surface area contributed by atoms with Crippen molar-refractivity contribution in [1.29, 1.82) is 0 Å². The van der Waals surface area contributed by atoms with Crippen LogP contribution in [0.15, 0.2) is 48.7 Å². The Hall–Kier alpha value is -2.46. The molecule has 158 valence electrons. The van der Waals surface area contributed by atoms with Crippen LogP contribution in [0.1, 0.15) is 36.4 Å². The molecule has 1 fully saturated rings. The Bertz CT molecular complexity index is 1020. The number of methoxy groups -OCH3 is 1. The summed E-state index contributed by atoms with van der Waals surface area (Å²) in [5, 5.41) is 1.35. The van der Waals surface area contributed by atoms with Crippen LogP contribution >= 0.6 is 0 Å². The highest BCUT2D eigenvalue weighted by Crippen LogP contribution is 2.34. The second kappa shape index (κ2) is 8.35. The summed E-state index contributed by atoms with van der Waals surface area (Å²) in [5.41, 5.74) is 5.56. The molecule has 3 aromatic rings. The van der Waals surface area contributed by atoms with Gasteiger partial charge in [-0.1, -0.05) is 18.2 Å². The van der Waals surface area contributed by atoms with Gasteiger partial charge in [0.1, 0.15) is 5.75 Å². The minimum absolute atomic E-state index is 0.619. The normalized spacial score (nSPS) is 18.0. The first-order chi connectivity index (χ1) is 14.7. The van der Waals surface area contributed by atoms with E-state index in [9.17, 15) is 0 Å². The number of ether oxygens (including phenoxy) is 1. The van der Waals surface area contributed by atoms with Crippen LogP contribution in [-0.4, -0.2) is 49.8 Å². The zero-order valence-corrected chi connectivity index (χ0v) is 18.3. The maximum atomic E-state index is 5.75. The average Bonchev–Trinajstić information content (AvgIpc) is 3.22. The molecule has 0 atom stereocenters. The summed E-state index contributed by atoms with van der Waals surface area (Å²) >= 11 is 0. The van der Waals surface area contributed by atoms with Gasteiger partial charge in [-0.25, -0.2) is 0 Å². The number of anilines is 1. The molecule has 5 rings (SSSR count). The third-order valence-corrected chi connectivity index (χ3v) is 7.11. The number of nitrogens with zero attached hydrogens (tertiary/aromatic N) is 3. The standard InChI is InChI=1S/C26H33N3O/c1-27-13-5-7-21-19-26(30-2)22(18-25(21)27)9-14-28-15-11-23(12-16-28)29-17-10-20-6-3-4-8-24(20)29/h3-4,6,8,10,17-19,23H,5,7,9,11-16H2,1-2H3. The van der Waals surface area contributed by atoms with Gasteiger partial charge in [0.15, 0.2) is 0 Å². The molecule has 0 bridgehead atoms. The number of likely N-dealkylation sites (tertiary alicyclic amines) is 1. The molecule has 1 aromatic heterocycles. The van der Waals surface area contributed by atoms with Crippen molar-refractivity contribution >= 4 is 16.6 Å². The summed E-state index contributed by atoms with van der Waals surface area (Å²) in [5.74, 6) is 1.07. The smallest absolute Gasteiger partial charge is 0.122 e. The van der Waals surface area contributed by atoms with E-state index in [1.54, 1.807) is 0 Å². The van der Waals surface area contributed by atoms with Gasteiger partial charge in [0.2, 0.25) is 0 Å². The largest absolute Gasteiger partial charge is 0.496 e. The molecule has 4 nitrogen and oxygen atoms in total. The minimum atomic E-state index is 0.619. The van der Waals surface area contributed by atoms with E-state index in [0.29, 0.717) is 6.04 Å². The highest BCUT2D eigenvalue weighted by molar-refractivity contribution is 5.80. The van der Waals surface area contributed by atoms with Crippen molar-refractivity contribution in [3.05, 3.63) is 59.8 Å². The molecule has 0 unspecified atom stereocenters. The minimum Gasteiger partial charge on any atom is -0.496 e. The molecule has 2 aromatic carbocycles. The van der Waals surface area contributed by atoms with E-state index in [0.717, 1.165) is 31.7 Å². The summed E-state index contributed by atoms with van der Waals surface area (Å²) in [6.07, 6.45) is 8.18. The average molecular weight is 404 g/mol. The van der Waals surface area contributed by atoms with Crippen molar-refractivity contribution in [3.8, 4) is 5.75 Å². The molecule has 2 aliphatic heterocycles. The van der Waals surface area contributed by atoms with Gasteiger partial charge in [-0.3, -0.25) is 0 Å². The predicted molar refractivity (Wildman–Crippen MR) is 125 cm³/mol. The summed E-state index contributed by atoms with van der Waals surface area (Å²) in [4.78, 5) is 5.03. The molecule has 3 heterocycles. The van der Waals surface area contributed by atoms with Gasteiger partial charge in [-0.15, -0.1) is 0 Å². The van der Waals surface area contributed by atoms with Crippen molar-refractivity contribution in [2.75, 3.05) is 45.2 Å². The molecule has 0 amide bonds. The van der Waals surface area contributed by atoms with Gasteiger partial charge in [0.05, 0.1) is 7.11 Å². The van der Waals surface area contributed by atoms with Crippen molar-refractivity contribution < 1.29 is 4.74 Å². The Balaban J connectivity index is 1.23. The van der Waals surface area contributed by atoms with E-state index in [4.69, 9.17) is 4.74 Å². The Kier molecular flexibility index (Phi) is 5.43. The van der Waals surface area contributed by atoms with Gasteiger partial charge in [0.25, 0.3) is 0 Å². The Morgan fingerprint density at radius 3 is 2.70 bits per heavy atom. The van der Waals surface area contributed by atoms with Crippen LogP contribution in [0.5, 0.6) is 5.75 Å². The van der Waals surface area contributed by atoms with Crippen LogP contribution in [0.25, 0.3) is 10.9 Å². The Labute approximate surface area is 180 Å². The molecule has 4 heteroatoms. The summed E-state index contributed by atoms with van der Waals surface area (Å²) in [7, 11) is 4.02. The van der Waals surface area contributed by atoms with Gasteiger partial charge in [0, 0.05) is 56.7 Å². The Morgan fingerprint density at radius 1 is 1.03 bits per heavy atom. The van der Waals surface area contributed by atoms with Crippen molar-refractivity contribution in [2.24, 2.45) is 0 Å². The van der Waals surface area contributed by atoms with E-state index < -0.39 is 0 Å². The van der Waals surface area contributed by atoms with E-state index in [-0.39, 0.29) is 0 Å². The monoisotopic (exact) mass is 403 g/mol. The van der Waals surface area contributed by atoms with Crippen molar-refractivity contribution in [1.82, 2.24) is 9.47 Å². The molecule has 0 N–H and O–H groups in total. The fraction of sp³-hybridized carbons (Fsp3) is 0.462. The van der Waals surface area contributed by atoms with Crippen LogP contribution in [0.3, 0.4) is 0 Å². The molecule has 0 spiro atoms. The lowest BCUT2D eigenvalue weighted by molar-refractivity contribution is 0.190.